The average Bonchev–Trinajstić information content (AvgIpc) is 3.47. The smallest absolute Gasteiger partial charge is 0.308 e. The second-order valence-electron chi connectivity index (χ2n) is 10.7. The summed E-state index contributed by atoms with van der Waals surface area (Å²) in [6, 6.07) is 19.5. The highest BCUT2D eigenvalue weighted by molar-refractivity contribution is 7.92. The zero-order chi connectivity index (χ0) is 30.6. The molecule has 0 saturated heterocycles. The molecule has 0 atom stereocenters. The number of carboxylic acid groups (broad SMARTS) is 1. The first kappa shape index (κ1) is 30.2. The Labute approximate surface area is 255 Å². The van der Waals surface area contributed by atoms with Crippen LogP contribution < -0.4 is 14.9 Å². The summed E-state index contributed by atoms with van der Waals surface area (Å²) in [4.78, 5) is 34.9. The van der Waals surface area contributed by atoms with Crippen molar-refractivity contribution >= 4 is 55.8 Å². The number of likely N-dealkylation sites (N-methyl/N-ethyl adjacent to an activating group) is 1. The van der Waals surface area contributed by atoms with Gasteiger partial charge in [-0.05, 0) is 53.4 Å². The van der Waals surface area contributed by atoms with Crippen molar-refractivity contribution in [3.63, 3.8) is 0 Å². The SMILES string of the molecule is CN(CC(=O)NC1CCCC1)c1nc(Cc2ccc(NS(=O)(=O)c3ccc4ccccc4c3)cc2)nc(Cl)c1CC(=O)O. The Morgan fingerprint density at radius 3 is 2.40 bits per heavy atom. The van der Waals surface area contributed by atoms with Crippen molar-refractivity contribution in [1.82, 2.24) is 15.3 Å². The van der Waals surface area contributed by atoms with Gasteiger partial charge in [0.05, 0.1) is 17.9 Å². The van der Waals surface area contributed by atoms with Crippen LogP contribution in [0.4, 0.5) is 11.5 Å². The quantitative estimate of drug-likeness (QED) is 0.203. The van der Waals surface area contributed by atoms with Crippen LogP contribution in [0.1, 0.15) is 42.6 Å². The average molecular weight is 622 g/mol. The lowest BCUT2D eigenvalue weighted by atomic mass is 10.1. The summed E-state index contributed by atoms with van der Waals surface area (Å²) in [6.07, 6.45) is 3.94. The molecule has 1 amide bonds. The van der Waals surface area contributed by atoms with Crippen molar-refractivity contribution in [3.8, 4) is 0 Å². The van der Waals surface area contributed by atoms with Crippen molar-refractivity contribution in [3.05, 3.63) is 88.8 Å². The molecule has 0 radical (unpaired) electrons. The number of hydrogen-bond donors (Lipinski definition) is 3. The van der Waals surface area contributed by atoms with Crippen molar-refractivity contribution in [2.24, 2.45) is 0 Å². The molecular weight excluding hydrogens is 590 g/mol. The lowest BCUT2D eigenvalue weighted by Crippen LogP contribution is -2.40. The maximum Gasteiger partial charge on any atom is 0.308 e. The second-order valence-corrected chi connectivity index (χ2v) is 12.7. The lowest BCUT2D eigenvalue weighted by molar-refractivity contribution is -0.136. The fourth-order valence-electron chi connectivity index (χ4n) is 5.24. The number of halogens is 1. The summed E-state index contributed by atoms with van der Waals surface area (Å²) < 4.78 is 28.7. The van der Waals surface area contributed by atoms with Gasteiger partial charge in [0.2, 0.25) is 5.91 Å². The predicted octanol–water partition coefficient (Wildman–Crippen LogP) is 4.80. The summed E-state index contributed by atoms with van der Waals surface area (Å²) in [5.74, 6) is -0.654. The molecule has 3 N–H and O–H groups in total. The molecule has 224 valence electrons. The maximum atomic E-state index is 13.0. The van der Waals surface area contributed by atoms with Gasteiger partial charge >= 0.3 is 5.97 Å². The minimum atomic E-state index is -3.81. The van der Waals surface area contributed by atoms with Crippen LogP contribution in [0.5, 0.6) is 0 Å². The Balaban J connectivity index is 1.31. The summed E-state index contributed by atoms with van der Waals surface area (Å²) in [5, 5.41) is 14.2. The predicted molar refractivity (Wildman–Crippen MR) is 166 cm³/mol. The fraction of sp³-hybridized carbons (Fsp3) is 0.290. The largest absolute Gasteiger partial charge is 0.481 e. The first-order valence-electron chi connectivity index (χ1n) is 14.0. The summed E-state index contributed by atoms with van der Waals surface area (Å²) in [6.45, 7) is -0.0120. The number of hydrogen-bond acceptors (Lipinski definition) is 7. The first-order valence-corrected chi connectivity index (χ1v) is 15.8. The third-order valence-electron chi connectivity index (χ3n) is 7.37. The number of fused-ring (bicyclic) bond motifs is 1. The number of aromatic nitrogens is 2. The molecule has 1 aliphatic rings. The number of carboxylic acids is 1. The van der Waals surface area contributed by atoms with Gasteiger partial charge in [-0.2, -0.15) is 0 Å². The Morgan fingerprint density at radius 2 is 1.70 bits per heavy atom. The molecule has 1 saturated carbocycles. The lowest BCUT2D eigenvalue weighted by Gasteiger charge is -2.22. The number of aliphatic carboxylic acids is 1. The molecule has 0 unspecified atom stereocenters. The number of anilines is 2. The number of nitrogens with one attached hydrogen (secondary N) is 2. The van der Waals surface area contributed by atoms with Crippen LogP contribution in [0, 0.1) is 0 Å². The zero-order valence-electron chi connectivity index (χ0n) is 23.6. The molecule has 0 bridgehead atoms. The van der Waals surface area contributed by atoms with E-state index < -0.39 is 22.4 Å². The third kappa shape index (κ3) is 7.60. The molecule has 1 aliphatic carbocycles. The van der Waals surface area contributed by atoms with Crippen LogP contribution >= 0.6 is 11.6 Å². The molecule has 12 heteroatoms. The van der Waals surface area contributed by atoms with E-state index in [1.54, 1.807) is 54.4 Å². The van der Waals surface area contributed by atoms with E-state index in [1.165, 1.54) is 0 Å². The van der Waals surface area contributed by atoms with Crippen LogP contribution in [-0.2, 0) is 32.5 Å². The molecular formula is C31H32ClN5O5S. The Kier molecular flexibility index (Phi) is 9.12. The molecule has 43 heavy (non-hydrogen) atoms. The Hall–Kier alpha value is -4.22. The van der Waals surface area contributed by atoms with Crippen LogP contribution in [-0.4, -0.2) is 55.0 Å². The zero-order valence-corrected chi connectivity index (χ0v) is 25.2. The van der Waals surface area contributed by atoms with E-state index in [0.717, 1.165) is 42.0 Å². The summed E-state index contributed by atoms with van der Waals surface area (Å²) >= 11 is 6.44. The topological polar surface area (TPSA) is 142 Å². The number of benzene rings is 3. The van der Waals surface area contributed by atoms with Gasteiger partial charge in [0.15, 0.2) is 0 Å². The number of amides is 1. The number of carbonyl (C=O) groups excluding carboxylic acids is 1. The Morgan fingerprint density at radius 1 is 1.00 bits per heavy atom. The molecule has 0 spiro atoms. The molecule has 1 aromatic heterocycles. The van der Waals surface area contributed by atoms with Crippen LogP contribution in [0.2, 0.25) is 5.15 Å². The van der Waals surface area contributed by atoms with E-state index in [4.69, 9.17) is 11.6 Å². The maximum absolute atomic E-state index is 13.0. The normalized spacial score (nSPS) is 13.6. The van der Waals surface area contributed by atoms with Gasteiger partial charge in [0.25, 0.3) is 10.0 Å². The molecule has 0 aliphatic heterocycles. The van der Waals surface area contributed by atoms with Crippen molar-refractivity contribution in [1.29, 1.82) is 0 Å². The molecule has 4 aromatic rings. The van der Waals surface area contributed by atoms with Crippen LogP contribution in [0.15, 0.2) is 71.6 Å². The van der Waals surface area contributed by atoms with Crippen molar-refractivity contribution < 1.29 is 23.1 Å². The van der Waals surface area contributed by atoms with Gasteiger partial charge in [-0.15, -0.1) is 0 Å². The van der Waals surface area contributed by atoms with E-state index in [1.807, 2.05) is 24.3 Å². The highest BCUT2D eigenvalue weighted by Gasteiger charge is 2.23. The van der Waals surface area contributed by atoms with Gasteiger partial charge in [-0.1, -0.05) is 66.9 Å². The van der Waals surface area contributed by atoms with Crippen molar-refractivity contribution in [2.75, 3.05) is 23.2 Å². The van der Waals surface area contributed by atoms with E-state index >= 15 is 0 Å². The standard InChI is InChI=1S/C31H32ClN5O5S/c1-37(19-28(38)33-23-8-4-5-9-23)31-26(18-29(39)40)30(32)34-27(35-31)16-20-10-13-24(14-11-20)36-43(41,42)25-15-12-21-6-2-3-7-22(21)17-25/h2-3,6-7,10-15,17,23,36H,4-5,8-9,16,18-19H2,1H3,(H,33,38)(H,39,40). The van der Waals surface area contributed by atoms with Gasteiger partial charge in [-0.3, -0.25) is 14.3 Å². The van der Waals surface area contributed by atoms with Gasteiger partial charge in [0, 0.05) is 30.8 Å². The van der Waals surface area contributed by atoms with Crippen molar-refractivity contribution in [2.45, 2.75) is 49.5 Å². The van der Waals surface area contributed by atoms with E-state index in [-0.39, 0.29) is 46.3 Å². The Bertz CT molecular complexity index is 1760. The summed E-state index contributed by atoms with van der Waals surface area (Å²) in [7, 11) is -2.14. The third-order valence-corrected chi connectivity index (χ3v) is 9.06. The summed E-state index contributed by atoms with van der Waals surface area (Å²) in [5.41, 5.74) is 1.40. The van der Waals surface area contributed by atoms with Crippen LogP contribution in [0.3, 0.4) is 0 Å². The minimum Gasteiger partial charge on any atom is -0.481 e. The highest BCUT2D eigenvalue weighted by atomic mass is 35.5. The molecule has 5 rings (SSSR count). The van der Waals surface area contributed by atoms with Crippen LogP contribution in [0.25, 0.3) is 10.8 Å². The van der Waals surface area contributed by atoms with Gasteiger partial charge in [0.1, 0.15) is 16.8 Å². The van der Waals surface area contributed by atoms with Gasteiger partial charge < -0.3 is 15.3 Å². The number of nitrogens with zero attached hydrogens (tertiary/aromatic N) is 3. The minimum absolute atomic E-state index is 0.00483. The first-order chi connectivity index (χ1) is 20.6. The van der Waals surface area contributed by atoms with Gasteiger partial charge in [-0.25, -0.2) is 18.4 Å². The van der Waals surface area contributed by atoms with E-state index in [2.05, 4.69) is 20.0 Å². The van der Waals surface area contributed by atoms with E-state index in [0.29, 0.717) is 11.5 Å². The molecule has 1 fully saturated rings. The number of sulfonamides is 1. The monoisotopic (exact) mass is 621 g/mol. The molecule has 1 heterocycles. The van der Waals surface area contributed by atoms with E-state index in [9.17, 15) is 23.1 Å². The number of rotatable bonds is 11. The molecule has 3 aromatic carbocycles. The molecule has 10 nitrogen and oxygen atoms in total. The second kappa shape index (κ2) is 13.0. The number of carbonyl (C=O) groups is 2. The highest BCUT2D eigenvalue weighted by Crippen LogP contribution is 2.27. The fourth-order valence-corrected chi connectivity index (χ4v) is 6.58.